The van der Waals surface area contributed by atoms with Crippen molar-refractivity contribution in [1.29, 1.82) is 0 Å². The van der Waals surface area contributed by atoms with E-state index in [1.54, 1.807) is 0 Å². The van der Waals surface area contributed by atoms with Crippen LogP contribution >= 0.6 is 0 Å². The average Bonchev–Trinajstić information content (AvgIpc) is 3.41. The third-order valence-corrected chi connectivity index (χ3v) is 8.32. The average molecular weight is 469 g/mol. The van der Waals surface area contributed by atoms with E-state index in [2.05, 4.69) is 65.2 Å². The molecule has 0 radical (unpaired) electrons. The number of unbranched alkanes of at least 4 members (excludes halogenated alkanes) is 3. The van der Waals surface area contributed by atoms with Crippen molar-refractivity contribution in [2.24, 2.45) is 5.92 Å². The fraction of sp³-hybridized carbons (Fsp3) is 0.515. The van der Waals surface area contributed by atoms with Gasteiger partial charge in [0, 0.05) is 0 Å². The van der Waals surface area contributed by atoms with Crippen molar-refractivity contribution in [2.75, 3.05) is 26.2 Å². The number of hydrogen-bond donors (Lipinski definition) is 2. The second kappa shape index (κ2) is 12.7. The molecule has 4 aromatic carbocycles. The SMILES string of the molecule is c1cc2ccc3ccc(CCCCNCCCCCNCCCC4CCCC4)c4ccc(c1)c2c34. The Balaban J connectivity index is 0.947. The van der Waals surface area contributed by atoms with E-state index >= 15 is 0 Å². The molecule has 0 bridgehead atoms. The Morgan fingerprint density at radius 2 is 1.17 bits per heavy atom. The molecule has 0 atom stereocenters. The van der Waals surface area contributed by atoms with Crippen LogP contribution in [0.1, 0.15) is 76.2 Å². The van der Waals surface area contributed by atoms with Crippen molar-refractivity contribution in [1.82, 2.24) is 10.6 Å². The van der Waals surface area contributed by atoms with Crippen molar-refractivity contribution in [3.8, 4) is 0 Å². The van der Waals surface area contributed by atoms with E-state index in [0.717, 1.165) is 12.5 Å². The smallest absolute Gasteiger partial charge is 0.00240 e. The van der Waals surface area contributed by atoms with Crippen LogP contribution in [0.3, 0.4) is 0 Å². The number of aryl methyl sites for hydroxylation is 1. The highest BCUT2D eigenvalue weighted by Crippen LogP contribution is 2.36. The van der Waals surface area contributed by atoms with Crippen LogP contribution in [-0.4, -0.2) is 26.2 Å². The topological polar surface area (TPSA) is 24.1 Å². The molecule has 2 N–H and O–H groups in total. The summed E-state index contributed by atoms with van der Waals surface area (Å²) >= 11 is 0. The molecular formula is C33H44N2. The minimum Gasteiger partial charge on any atom is -0.317 e. The lowest BCUT2D eigenvalue weighted by Gasteiger charge is -2.14. The predicted octanol–water partition coefficient (Wildman–Crippen LogP) is 8.23. The number of hydrogen-bond acceptors (Lipinski definition) is 2. The summed E-state index contributed by atoms with van der Waals surface area (Å²) < 4.78 is 0. The summed E-state index contributed by atoms with van der Waals surface area (Å²) in [6.07, 6.45) is 16.4. The molecule has 0 unspecified atom stereocenters. The maximum atomic E-state index is 3.67. The van der Waals surface area contributed by atoms with Crippen LogP contribution in [0.5, 0.6) is 0 Å². The predicted molar refractivity (Wildman–Crippen MR) is 154 cm³/mol. The van der Waals surface area contributed by atoms with Gasteiger partial charge in [0.15, 0.2) is 0 Å². The first-order valence-electron chi connectivity index (χ1n) is 14.5. The monoisotopic (exact) mass is 468 g/mol. The highest BCUT2D eigenvalue weighted by Gasteiger charge is 2.14. The lowest BCUT2D eigenvalue weighted by atomic mass is 9.90. The number of benzene rings is 4. The molecule has 1 fully saturated rings. The Labute approximate surface area is 212 Å². The molecule has 1 saturated carbocycles. The van der Waals surface area contributed by atoms with Crippen LogP contribution in [-0.2, 0) is 6.42 Å². The van der Waals surface area contributed by atoms with Crippen LogP contribution in [0.25, 0.3) is 32.3 Å². The molecule has 4 aromatic rings. The van der Waals surface area contributed by atoms with E-state index in [9.17, 15) is 0 Å². The normalized spacial score (nSPS) is 14.7. The van der Waals surface area contributed by atoms with Gasteiger partial charge in [-0.3, -0.25) is 0 Å². The molecule has 0 aliphatic heterocycles. The van der Waals surface area contributed by atoms with Crippen LogP contribution in [0.2, 0.25) is 0 Å². The zero-order chi connectivity index (χ0) is 23.7. The molecule has 186 valence electrons. The van der Waals surface area contributed by atoms with Gasteiger partial charge in [-0.25, -0.2) is 0 Å². The van der Waals surface area contributed by atoms with Gasteiger partial charge in [-0.2, -0.15) is 0 Å². The molecule has 0 saturated heterocycles. The van der Waals surface area contributed by atoms with E-state index in [4.69, 9.17) is 0 Å². The zero-order valence-corrected chi connectivity index (χ0v) is 21.6. The molecule has 0 heterocycles. The quantitative estimate of drug-likeness (QED) is 0.136. The van der Waals surface area contributed by atoms with E-state index < -0.39 is 0 Å². The van der Waals surface area contributed by atoms with Crippen LogP contribution in [0, 0.1) is 5.92 Å². The maximum absolute atomic E-state index is 3.67. The van der Waals surface area contributed by atoms with Crippen molar-refractivity contribution in [2.45, 2.75) is 77.0 Å². The third-order valence-electron chi connectivity index (χ3n) is 8.32. The second-order valence-corrected chi connectivity index (χ2v) is 10.9. The summed E-state index contributed by atoms with van der Waals surface area (Å²) in [6, 6.07) is 20.6. The van der Waals surface area contributed by atoms with Crippen LogP contribution in [0.15, 0.2) is 54.6 Å². The summed E-state index contributed by atoms with van der Waals surface area (Å²) in [5.41, 5.74) is 1.51. The fourth-order valence-electron chi connectivity index (χ4n) is 6.32. The van der Waals surface area contributed by atoms with E-state index in [1.165, 1.54) is 135 Å². The molecule has 0 amide bonds. The van der Waals surface area contributed by atoms with Crippen LogP contribution < -0.4 is 10.6 Å². The van der Waals surface area contributed by atoms with Gasteiger partial charge in [-0.1, -0.05) is 86.7 Å². The van der Waals surface area contributed by atoms with Gasteiger partial charge in [-0.05, 0) is 115 Å². The maximum Gasteiger partial charge on any atom is -0.00240 e. The molecule has 2 nitrogen and oxygen atoms in total. The van der Waals surface area contributed by atoms with E-state index in [1.807, 2.05) is 0 Å². The molecule has 35 heavy (non-hydrogen) atoms. The first-order chi connectivity index (χ1) is 17.4. The van der Waals surface area contributed by atoms with Crippen LogP contribution in [0.4, 0.5) is 0 Å². The molecule has 5 rings (SSSR count). The fourth-order valence-corrected chi connectivity index (χ4v) is 6.32. The Hall–Kier alpha value is -2.16. The van der Waals surface area contributed by atoms with Gasteiger partial charge in [0.1, 0.15) is 0 Å². The summed E-state index contributed by atoms with van der Waals surface area (Å²) in [5, 5.41) is 15.8. The summed E-state index contributed by atoms with van der Waals surface area (Å²) in [5.74, 6) is 1.05. The number of nitrogens with one attached hydrogen (secondary N) is 2. The van der Waals surface area contributed by atoms with Gasteiger partial charge < -0.3 is 10.6 Å². The Kier molecular flexibility index (Phi) is 8.90. The lowest BCUT2D eigenvalue weighted by Crippen LogP contribution is -2.19. The Morgan fingerprint density at radius 3 is 1.91 bits per heavy atom. The summed E-state index contributed by atoms with van der Waals surface area (Å²) in [4.78, 5) is 0. The largest absolute Gasteiger partial charge is 0.317 e. The van der Waals surface area contributed by atoms with Gasteiger partial charge in [-0.15, -0.1) is 0 Å². The van der Waals surface area contributed by atoms with Crippen molar-refractivity contribution < 1.29 is 0 Å². The Bertz CT molecular complexity index is 1160. The third kappa shape index (κ3) is 6.35. The molecular weight excluding hydrogens is 424 g/mol. The highest BCUT2D eigenvalue weighted by molar-refractivity contribution is 6.23. The van der Waals surface area contributed by atoms with E-state index in [0.29, 0.717) is 0 Å². The molecule has 2 heteroatoms. The second-order valence-electron chi connectivity index (χ2n) is 10.9. The standard InChI is InChI=1S/C33H44N2/c1(6-23-35-25-9-12-26-10-2-3-11-26)5-22-34-24-7-4-13-27-16-17-30-19-18-28-14-8-15-29-20-21-31(27)33(30)32(28)29/h8,14-21,26,34-35H,1-7,9-13,22-25H2. The minimum absolute atomic E-state index is 1.05. The van der Waals surface area contributed by atoms with Gasteiger partial charge in [0.05, 0.1) is 0 Å². The molecule has 0 aromatic heterocycles. The first kappa shape index (κ1) is 24.5. The first-order valence-corrected chi connectivity index (χ1v) is 14.5. The van der Waals surface area contributed by atoms with Gasteiger partial charge in [0.25, 0.3) is 0 Å². The van der Waals surface area contributed by atoms with Gasteiger partial charge >= 0.3 is 0 Å². The van der Waals surface area contributed by atoms with Crippen molar-refractivity contribution >= 4 is 32.3 Å². The van der Waals surface area contributed by atoms with Crippen molar-refractivity contribution in [3.05, 3.63) is 60.2 Å². The lowest BCUT2D eigenvalue weighted by molar-refractivity contribution is 0.467. The molecule has 1 aliphatic carbocycles. The highest BCUT2D eigenvalue weighted by atomic mass is 14.8. The van der Waals surface area contributed by atoms with E-state index in [-0.39, 0.29) is 0 Å². The van der Waals surface area contributed by atoms with Crippen molar-refractivity contribution in [3.63, 3.8) is 0 Å². The van der Waals surface area contributed by atoms with Gasteiger partial charge in [0.2, 0.25) is 0 Å². The zero-order valence-electron chi connectivity index (χ0n) is 21.6. The minimum atomic E-state index is 1.05. The summed E-state index contributed by atoms with van der Waals surface area (Å²) in [7, 11) is 0. The Morgan fingerprint density at radius 1 is 0.571 bits per heavy atom. The molecule has 0 spiro atoms. The number of rotatable bonds is 15. The summed E-state index contributed by atoms with van der Waals surface area (Å²) in [6.45, 7) is 4.73. The molecule has 1 aliphatic rings.